The molecule has 1 rings (SSSR count). The summed E-state index contributed by atoms with van der Waals surface area (Å²) in [5.41, 5.74) is 0.0575. The number of hydrogen-bond donors (Lipinski definition) is 1. The van der Waals surface area contributed by atoms with Crippen LogP contribution in [0.15, 0.2) is 18.2 Å². The Labute approximate surface area is 182 Å². The van der Waals surface area contributed by atoms with Gasteiger partial charge in [0.2, 0.25) is 5.91 Å². The van der Waals surface area contributed by atoms with Crippen LogP contribution >= 0.6 is 10.8 Å². The van der Waals surface area contributed by atoms with E-state index in [4.69, 9.17) is 9.47 Å². The SMILES string of the molecule is CCC(CC(=O)Nc1ccc(C(=O)OCCSS(C)(=O)=O)c(OC(C)=O)c1)O[N+](=O)[O-]. The highest BCUT2D eigenvalue weighted by atomic mass is 33.1. The molecule has 1 N–H and O–H groups in total. The Morgan fingerprint density at radius 3 is 2.52 bits per heavy atom. The molecule has 0 radical (unpaired) electrons. The number of nitrogens with zero attached hydrogens (tertiary/aromatic N) is 1. The van der Waals surface area contributed by atoms with Crippen molar-refractivity contribution < 1.29 is 42.2 Å². The number of rotatable bonds is 12. The highest BCUT2D eigenvalue weighted by Crippen LogP contribution is 2.25. The summed E-state index contributed by atoms with van der Waals surface area (Å²) in [6, 6.07) is 3.82. The number of benzene rings is 1. The van der Waals surface area contributed by atoms with E-state index in [0.29, 0.717) is 10.8 Å². The summed E-state index contributed by atoms with van der Waals surface area (Å²) >= 11 is 0. The first-order valence-electron chi connectivity index (χ1n) is 8.86. The minimum absolute atomic E-state index is 0.0203. The normalized spacial score (nSPS) is 11.8. The van der Waals surface area contributed by atoms with Gasteiger partial charge in [0.1, 0.15) is 24.0 Å². The number of nitrogens with one attached hydrogen (secondary N) is 1. The molecular formula is C17H22N2O10S2. The maximum Gasteiger partial charge on any atom is 0.341 e. The van der Waals surface area contributed by atoms with Gasteiger partial charge in [0.05, 0.1) is 6.42 Å². The first-order valence-corrected chi connectivity index (χ1v) is 12.3. The van der Waals surface area contributed by atoms with Crippen LogP contribution in [0.2, 0.25) is 0 Å². The zero-order valence-electron chi connectivity index (χ0n) is 17.0. The van der Waals surface area contributed by atoms with E-state index in [1.54, 1.807) is 6.92 Å². The van der Waals surface area contributed by atoms with Gasteiger partial charge in [-0.25, -0.2) is 13.2 Å². The molecule has 0 aliphatic rings. The van der Waals surface area contributed by atoms with Crippen molar-refractivity contribution in [1.82, 2.24) is 0 Å². The highest BCUT2D eigenvalue weighted by molar-refractivity contribution is 8.71. The van der Waals surface area contributed by atoms with Gasteiger partial charge in [0.25, 0.3) is 5.09 Å². The Balaban J connectivity index is 2.87. The van der Waals surface area contributed by atoms with Gasteiger partial charge in [-0.15, -0.1) is 10.1 Å². The molecule has 0 aromatic heterocycles. The maximum atomic E-state index is 12.3. The maximum absolute atomic E-state index is 12.3. The number of amides is 1. The van der Waals surface area contributed by atoms with Crippen LogP contribution in [-0.4, -0.2) is 56.1 Å². The van der Waals surface area contributed by atoms with Gasteiger partial charge in [-0.05, 0) is 29.3 Å². The molecule has 172 valence electrons. The summed E-state index contributed by atoms with van der Waals surface area (Å²) in [6.07, 6.45) is 0.0388. The van der Waals surface area contributed by atoms with Crippen molar-refractivity contribution in [2.75, 3.05) is 23.9 Å². The van der Waals surface area contributed by atoms with Crippen LogP contribution < -0.4 is 10.1 Å². The molecule has 14 heteroatoms. The zero-order chi connectivity index (χ0) is 23.6. The molecular weight excluding hydrogens is 456 g/mol. The van der Waals surface area contributed by atoms with E-state index in [9.17, 15) is 32.9 Å². The second kappa shape index (κ2) is 12.1. The van der Waals surface area contributed by atoms with Crippen molar-refractivity contribution in [3.8, 4) is 5.75 Å². The summed E-state index contributed by atoms with van der Waals surface area (Å²) < 4.78 is 32.1. The molecule has 31 heavy (non-hydrogen) atoms. The standard InChI is InChI=1S/C17H22N2O10S2/c1-4-13(29-19(23)24)10-16(21)18-12-5-6-14(15(9-12)28-11(2)20)17(22)27-7-8-30-31(3,25)26/h5-6,9,13H,4,7-8,10H2,1-3H3,(H,18,21). The van der Waals surface area contributed by atoms with Gasteiger partial charge in [-0.2, -0.15) is 0 Å². The molecule has 0 fully saturated rings. The smallest absolute Gasteiger partial charge is 0.341 e. The summed E-state index contributed by atoms with van der Waals surface area (Å²) in [7, 11) is -2.66. The van der Waals surface area contributed by atoms with Crippen LogP contribution in [0, 0.1) is 10.1 Å². The van der Waals surface area contributed by atoms with Crippen molar-refractivity contribution >= 4 is 43.2 Å². The predicted molar refractivity (Wildman–Crippen MR) is 111 cm³/mol. The van der Waals surface area contributed by atoms with Crippen LogP contribution in [0.5, 0.6) is 5.75 Å². The molecule has 0 aliphatic heterocycles. The number of ether oxygens (including phenoxy) is 2. The van der Waals surface area contributed by atoms with Gasteiger partial charge < -0.3 is 19.6 Å². The number of esters is 2. The molecule has 1 aromatic carbocycles. The monoisotopic (exact) mass is 478 g/mol. The van der Waals surface area contributed by atoms with Gasteiger partial charge >= 0.3 is 11.9 Å². The van der Waals surface area contributed by atoms with Crippen LogP contribution in [0.3, 0.4) is 0 Å². The number of hydrogen-bond acceptors (Lipinski definition) is 11. The number of anilines is 1. The van der Waals surface area contributed by atoms with Gasteiger partial charge in [0.15, 0.2) is 8.87 Å². The second-order valence-electron chi connectivity index (χ2n) is 6.08. The van der Waals surface area contributed by atoms with E-state index in [2.05, 4.69) is 10.2 Å². The van der Waals surface area contributed by atoms with E-state index in [1.165, 1.54) is 18.2 Å². The number of carbonyl (C=O) groups excluding carboxylic acids is 3. The third-order valence-electron chi connectivity index (χ3n) is 3.46. The third-order valence-corrected chi connectivity index (χ3v) is 6.00. The highest BCUT2D eigenvalue weighted by Gasteiger charge is 2.19. The Kier molecular flexibility index (Phi) is 10.2. The van der Waals surface area contributed by atoms with Crippen LogP contribution in [-0.2, 0) is 28.0 Å². The molecule has 0 bridgehead atoms. The number of carbonyl (C=O) groups is 3. The lowest BCUT2D eigenvalue weighted by molar-refractivity contribution is -0.768. The Morgan fingerprint density at radius 2 is 1.97 bits per heavy atom. The van der Waals surface area contributed by atoms with E-state index >= 15 is 0 Å². The molecule has 1 aromatic rings. The van der Waals surface area contributed by atoms with Crippen LogP contribution in [0.25, 0.3) is 0 Å². The molecule has 1 unspecified atom stereocenters. The Morgan fingerprint density at radius 1 is 1.29 bits per heavy atom. The van der Waals surface area contributed by atoms with Crippen LogP contribution in [0.4, 0.5) is 5.69 Å². The molecule has 12 nitrogen and oxygen atoms in total. The van der Waals surface area contributed by atoms with Crippen molar-refractivity contribution in [3.05, 3.63) is 33.9 Å². The third kappa shape index (κ3) is 10.6. The molecule has 1 atom stereocenters. The van der Waals surface area contributed by atoms with Gasteiger partial charge in [-0.3, -0.25) is 9.59 Å². The zero-order valence-corrected chi connectivity index (χ0v) is 18.6. The van der Waals surface area contributed by atoms with E-state index in [0.717, 1.165) is 13.2 Å². The minimum Gasteiger partial charge on any atom is -0.461 e. The lowest BCUT2D eigenvalue weighted by Gasteiger charge is -2.14. The van der Waals surface area contributed by atoms with Crippen molar-refractivity contribution in [2.24, 2.45) is 0 Å². The van der Waals surface area contributed by atoms with Crippen LogP contribution in [0.1, 0.15) is 37.0 Å². The van der Waals surface area contributed by atoms with Crippen molar-refractivity contribution in [1.29, 1.82) is 0 Å². The molecule has 0 aliphatic carbocycles. The minimum atomic E-state index is -3.28. The lowest BCUT2D eigenvalue weighted by Crippen LogP contribution is -2.24. The van der Waals surface area contributed by atoms with E-state index in [1.807, 2.05) is 0 Å². The fourth-order valence-electron chi connectivity index (χ4n) is 2.20. The van der Waals surface area contributed by atoms with Gasteiger partial charge in [0, 0.05) is 30.7 Å². The Bertz CT molecular complexity index is 933. The van der Waals surface area contributed by atoms with Crippen molar-refractivity contribution in [3.63, 3.8) is 0 Å². The largest absolute Gasteiger partial charge is 0.461 e. The average molecular weight is 479 g/mol. The first kappa shape index (κ1) is 26.2. The first-order chi connectivity index (χ1) is 14.4. The summed E-state index contributed by atoms with van der Waals surface area (Å²) in [5.74, 6) is -2.33. The topological polar surface area (TPSA) is 168 Å². The molecule has 0 heterocycles. The van der Waals surface area contributed by atoms with Crippen molar-refractivity contribution in [2.45, 2.75) is 32.8 Å². The molecule has 0 spiro atoms. The summed E-state index contributed by atoms with van der Waals surface area (Å²) in [5, 5.41) is 11.9. The lowest BCUT2D eigenvalue weighted by atomic mass is 10.1. The molecule has 1 amide bonds. The summed E-state index contributed by atoms with van der Waals surface area (Å²) in [4.78, 5) is 50.5. The van der Waals surface area contributed by atoms with E-state index < -0.39 is 37.9 Å². The fraction of sp³-hybridized carbons (Fsp3) is 0.471. The van der Waals surface area contributed by atoms with Gasteiger partial charge in [-0.1, -0.05) is 6.92 Å². The molecule has 0 saturated carbocycles. The molecule has 0 saturated heterocycles. The average Bonchev–Trinajstić information content (AvgIpc) is 2.63. The summed E-state index contributed by atoms with van der Waals surface area (Å²) in [6.45, 7) is 2.54. The fourth-order valence-corrected chi connectivity index (χ4v) is 3.77. The van der Waals surface area contributed by atoms with E-state index in [-0.39, 0.29) is 42.2 Å². The predicted octanol–water partition coefficient (Wildman–Crippen LogP) is 1.78. The Hall–Kier alpha value is -2.87. The quantitative estimate of drug-likeness (QED) is 0.116. The second-order valence-corrected chi connectivity index (χ2v) is 10.7.